The number of thiophene rings is 1. The second kappa shape index (κ2) is 4.21. The molecular formula is C11H13N3O2S. The van der Waals surface area contributed by atoms with Crippen LogP contribution in [0.2, 0.25) is 0 Å². The van der Waals surface area contributed by atoms with E-state index in [1.807, 2.05) is 17.5 Å². The molecule has 0 saturated carbocycles. The Morgan fingerprint density at radius 3 is 2.94 bits per heavy atom. The molecule has 1 fully saturated rings. The SMILES string of the molecule is [O-]C1=NC(Cc2cccs2)=N[N+]12CCOCC2. The predicted molar refractivity (Wildman–Crippen MR) is 63.7 cm³/mol. The molecule has 1 aromatic rings. The minimum Gasteiger partial charge on any atom is -0.814 e. The highest BCUT2D eigenvalue weighted by atomic mass is 32.1. The van der Waals surface area contributed by atoms with E-state index in [0.29, 0.717) is 38.6 Å². The van der Waals surface area contributed by atoms with E-state index in [2.05, 4.69) is 10.1 Å². The molecule has 1 spiro atoms. The van der Waals surface area contributed by atoms with Gasteiger partial charge in [-0.3, -0.25) is 0 Å². The molecule has 5 nitrogen and oxygen atoms in total. The topological polar surface area (TPSA) is 57.0 Å². The van der Waals surface area contributed by atoms with E-state index in [4.69, 9.17) is 4.74 Å². The number of quaternary nitrogens is 1. The third-order valence-electron chi connectivity index (χ3n) is 3.01. The number of morpholine rings is 1. The Morgan fingerprint density at radius 2 is 2.24 bits per heavy atom. The van der Waals surface area contributed by atoms with Gasteiger partial charge in [-0.2, -0.15) is 9.58 Å². The van der Waals surface area contributed by atoms with Crippen molar-refractivity contribution < 1.29 is 14.4 Å². The number of aliphatic imine (C=N–C) groups is 1. The molecule has 0 amide bonds. The van der Waals surface area contributed by atoms with Gasteiger partial charge in [-0.1, -0.05) is 11.2 Å². The summed E-state index contributed by atoms with van der Waals surface area (Å²) in [5, 5.41) is 18.4. The molecule has 6 heteroatoms. The van der Waals surface area contributed by atoms with Crippen molar-refractivity contribution in [2.75, 3.05) is 26.3 Å². The van der Waals surface area contributed by atoms with Crippen LogP contribution in [0.4, 0.5) is 0 Å². The first-order valence-electron chi connectivity index (χ1n) is 5.61. The molecule has 90 valence electrons. The van der Waals surface area contributed by atoms with Crippen LogP contribution < -0.4 is 5.11 Å². The van der Waals surface area contributed by atoms with E-state index in [1.165, 1.54) is 4.88 Å². The Balaban J connectivity index is 1.81. The standard InChI is InChI=1S/C11H13N3O2S/c15-11-12-10(8-9-2-1-7-17-9)13-14(11)3-5-16-6-4-14/h1-2,7H,3-6,8H2. The highest BCUT2D eigenvalue weighted by Crippen LogP contribution is 2.20. The first-order chi connectivity index (χ1) is 8.28. The predicted octanol–water partition coefficient (Wildman–Crippen LogP) is 0.181. The Kier molecular flexibility index (Phi) is 2.70. The summed E-state index contributed by atoms with van der Waals surface area (Å²) in [6.45, 7) is 2.38. The summed E-state index contributed by atoms with van der Waals surface area (Å²) in [5.74, 6) is 0.652. The lowest BCUT2D eigenvalue weighted by atomic mass is 10.3. The summed E-state index contributed by atoms with van der Waals surface area (Å²) < 4.78 is 5.38. The van der Waals surface area contributed by atoms with Gasteiger partial charge in [0.05, 0.1) is 13.2 Å². The van der Waals surface area contributed by atoms with Crippen LogP contribution in [0.3, 0.4) is 0 Å². The summed E-state index contributed by atoms with van der Waals surface area (Å²) in [6, 6.07) is 3.89. The van der Waals surface area contributed by atoms with Crippen molar-refractivity contribution in [1.29, 1.82) is 0 Å². The third kappa shape index (κ3) is 1.99. The largest absolute Gasteiger partial charge is 0.814 e. The van der Waals surface area contributed by atoms with Crippen LogP contribution in [0.1, 0.15) is 4.88 Å². The van der Waals surface area contributed by atoms with E-state index in [9.17, 15) is 5.11 Å². The van der Waals surface area contributed by atoms with Gasteiger partial charge in [-0.25, -0.2) is 0 Å². The quantitative estimate of drug-likeness (QED) is 0.704. The summed E-state index contributed by atoms with van der Waals surface area (Å²) >= 11 is 1.66. The molecule has 0 unspecified atom stereocenters. The minimum absolute atomic E-state index is 0.112. The Hall–Kier alpha value is -1.24. The average molecular weight is 251 g/mol. The van der Waals surface area contributed by atoms with Crippen LogP contribution in [-0.4, -0.2) is 42.8 Å². The van der Waals surface area contributed by atoms with Gasteiger partial charge in [0, 0.05) is 11.3 Å². The van der Waals surface area contributed by atoms with Crippen LogP contribution in [0.5, 0.6) is 0 Å². The van der Waals surface area contributed by atoms with Gasteiger partial charge in [0.15, 0.2) is 11.9 Å². The lowest BCUT2D eigenvalue weighted by molar-refractivity contribution is -0.879. The van der Waals surface area contributed by atoms with Crippen LogP contribution in [-0.2, 0) is 11.2 Å². The van der Waals surface area contributed by atoms with Gasteiger partial charge in [0.25, 0.3) is 0 Å². The second-order valence-electron chi connectivity index (χ2n) is 4.15. The van der Waals surface area contributed by atoms with Crippen LogP contribution in [0.25, 0.3) is 0 Å². The monoisotopic (exact) mass is 251 g/mol. The molecule has 0 aromatic carbocycles. The summed E-state index contributed by atoms with van der Waals surface area (Å²) in [5.41, 5.74) is 0. The molecule has 0 atom stereocenters. The fourth-order valence-corrected chi connectivity index (χ4v) is 2.77. The van der Waals surface area contributed by atoms with E-state index in [1.54, 1.807) is 11.3 Å². The average Bonchev–Trinajstić information content (AvgIpc) is 2.91. The van der Waals surface area contributed by atoms with Crippen LogP contribution >= 0.6 is 11.3 Å². The van der Waals surface area contributed by atoms with Crippen molar-refractivity contribution in [3.63, 3.8) is 0 Å². The molecule has 2 aliphatic rings. The number of rotatable bonds is 2. The van der Waals surface area contributed by atoms with Crippen molar-refractivity contribution in [3.05, 3.63) is 22.4 Å². The molecule has 17 heavy (non-hydrogen) atoms. The lowest BCUT2D eigenvalue weighted by Gasteiger charge is -2.34. The van der Waals surface area contributed by atoms with Gasteiger partial charge in [-0.15, -0.1) is 11.3 Å². The van der Waals surface area contributed by atoms with E-state index in [-0.39, 0.29) is 10.6 Å². The number of hydrogen-bond donors (Lipinski definition) is 0. The minimum atomic E-state index is -0.139. The van der Waals surface area contributed by atoms with Crippen molar-refractivity contribution in [2.45, 2.75) is 6.42 Å². The molecule has 1 aromatic heterocycles. The number of nitrogens with zero attached hydrogens (tertiary/aromatic N) is 3. The van der Waals surface area contributed by atoms with Gasteiger partial charge in [0.1, 0.15) is 13.1 Å². The molecule has 2 aliphatic heterocycles. The van der Waals surface area contributed by atoms with Crippen molar-refractivity contribution in [1.82, 2.24) is 0 Å². The maximum Gasteiger partial charge on any atom is 0.199 e. The fourth-order valence-electron chi connectivity index (χ4n) is 2.07. The maximum atomic E-state index is 11.9. The van der Waals surface area contributed by atoms with Gasteiger partial charge < -0.3 is 9.84 Å². The summed E-state index contributed by atoms with van der Waals surface area (Å²) in [4.78, 5) is 5.26. The van der Waals surface area contributed by atoms with Crippen molar-refractivity contribution in [2.24, 2.45) is 10.1 Å². The number of amidine groups is 2. The van der Waals surface area contributed by atoms with E-state index < -0.39 is 0 Å². The van der Waals surface area contributed by atoms with Gasteiger partial charge >= 0.3 is 0 Å². The molecule has 3 heterocycles. The molecule has 0 N–H and O–H groups in total. The Labute approximate surface area is 103 Å². The molecule has 0 aliphatic carbocycles. The zero-order chi connectivity index (χ0) is 11.7. The molecular weight excluding hydrogens is 238 g/mol. The Morgan fingerprint density at radius 1 is 1.41 bits per heavy atom. The lowest BCUT2D eigenvalue weighted by Crippen LogP contribution is -2.57. The van der Waals surface area contributed by atoms with Crippen molar-refractivity contribution >= 4 is 23.2 Å². The summed E-state index contributed by atoms with van der Waals surface area (Å²) in [7, 11) is 0. The molecule has 0 radical (unpaired) electrons. The maximum absolute atomic E-state index is 11.9. The summed E-state index contributed by atoms with van der Waals surface area (Å²) in [6.07, 6.45) is 0.657. The molecule has 3 rings (SSSR count). The van der Waals surface area contributed by atoms with E-state index in [0.717, 1.165) is 0 Å². The van der Waals surface area contributed by atoms with Crippen LogP contribution in [0, 0.1) is 0 Å². The van der Waals surface area contributed by atoms with Gasteiger partial charge in [0.2, 0.25) is 0 Å². The fraction of sp³-hybridized carbons (Fsp3) is 0.455. The van der Waals surface area contributed by atoms with E-state index >= 15 is 0 Å². The second-order valence-corrected chi connectivity index (χ2v) is 5.18. The van der Waals surface area contributed by atoms with Gasteiger partial charge in [-0.05, 0) is 11.4 Å². The normalized spacial score (nSPS) is 22.6. The van der Waals surface area contributed by atoms with Crippen molar-refractivity contribution in [3.8, 4) is 0 Å². The molecule has 1 saturated heterocycles. The smallest absolute Gasteiger partial charge is 0.199 e. The first kappa shape index (κ1) is 10.9. The zero-order valence-electron chi connectivity index (χ0n) is 9.33. The number of hydrogen-bond acceptors (Lipinski definition) is 5. The first-order valence-corrected chi connectivity index (χ1v) is 6.49. The zero-order valence-corrected chi connectivity index (χ0v) is 10.2. The number of ether oxygens (including phenoxy) is 1. The highest BCUT2D eigenvalue weighted by molar-refractivity contribution is 7.10. The Bertz CT molecular complexity index is 461. The van der Waals surface area contributed by atoms with Crippen LogP contribution in [0.15, 0.2) is 27.6 Å². The third-order valence-corrected chi connectivity index (χ3v) is 3.89. The highest BCUT2D eigenvalue weighted by Gasteiger charge is 2.37. The molecule has 0 bridgehead atoms.